The number of aryl methyl sites for hydroxylation is 1. The molecule has 0 radical (unpaired) electrons. The monoisotopic (exact) mass is 355 g/mol. The molecule has 0 aliphatic carbocycles. The minimum Gasteiger partial charge on any atom is -0.497 e. The van der Waals surface area contributed by atoms with Gasteiger partial charge in [-0.15, -0.1) is 11.8 Å². The number of piperidine rings is 1. The Morgan fingerprint density at radius 1 is 1.24 bits per heavy atom. The molecule has 2 aromatic rings. The van der Waals surface area contributed by atoms with Gasteiger partial charge in [0.15, 0.2) is 0 Å². The summed E-state index contributed by atoms with van der Waals surface area (Å²) in [6.45, 7) is 4.27. The fraction of sp³-hybridized carbons (Fsp3) is 0.400. The van der Waals surface area contributed by atoms with Crippen molar-refractivity contribution in [3.05, 3.63) is 41.5 Å². The molecule has 4 rings (SSSR count). The lowest BCUT2D eigenvalue weighted by Gasteiger charge is -2.26. The van der Waals surface area contributed by atoms with Gasteiger partial charge in [-0.25, -0.2) is 0 Å². The lowest BCUT2D eigenvalue weighted by atomic mass is 9.90. The van der Waals surface area contributed by atoms with Crippen LogP contribution in [0.3, 0.4) is 0 Å². The molecule has 5 heteroatoms. The van der Waals surface area contributed by atoms with Crippen LogP contribution in [0.1, 0.15) is 23.5 Å². The summed E-state index contributed by atoms with van der Waals surface area (Å²) in [5, 5.41) is 10.9. The molecule has 2 heterocycles. The Balaban J connectivity index is 1.68. The van der Waals surface area contributed by atoms with Crippen molar-refractivity contribution in [1.82, 2.24) is 5.32 Å². The number of fused-ring (bicyclic) bond motifs is 3. The maximum Gasteiger partial charge on any atom is 0.119 e. The van der Waals surface area contributed by atoms with Gasteiger partial charge < -0.3 is 20.7 Å². The van der Waals surface area contributed by atoms with Gasteiger partial charge in [0.1, 0.15) is 5.75 Å². The van der Waals surface area contributed by atoms with Crippen molar-refractivity contribution in [2.24, 2.45) is 0 Å². The summed E-state index contributed by atoms with van der Waals surface area (Å²) in [5.74, 6) is 1.45. The number of anilines is 3. The summed E-state index contributed by atoms with van der Waals surface area (Å²) >= 11 is 1.81. The summed E-state index contributed by atoms with van der Waals surface area (Å²) in [5.41, 5.74) is 6.24. The van der Waals surface area contributed by atoms with E-state index in [-0.39, 0.29) is 0 Å². The Bertz CT molecular complexity index is 793. The molecule has 0 aromatic heterocycles. The third-order valence-corrected chi connectivity index (χ3v) is 6.04. The van der Waals surface area contributed by atoms with Crippen LogP contribution in [0.25, 0.3) is 0 Å². The van der Waals surface area contributed by atoms with Gasteiger partial charge >= 0.3 is 0 Å². The van der Waals surface area contributed by atoms with Gasteiger partial charge in [-0.05, 0) is 67.6 Å². The minimum absolute atomic E-state index is 0.563. The second-order valence-corrected chi connectivity index (χ2v) is 7.65. The van der Waals surface area contributed by atoms with E-state index >= 15 is 0 Å². The third kappa shape index (κ3) is 3.07. The number of hydrogen-bond donors (Lipinski definition) is 3. The highest BCUT2D eigenvalue weighted by Gasteiger charge is 2.35. The molecule has 2 aliphatic rings. The van der Waals surface area contributed by atoms with E-state index < -0.39 is 0 Å². The fourth-order valence-corrected chi connectivity index (χ4v) is 4.55. The first-order valence-electron chi connectivity index (χ1n) is 8.80. The first-order chi connectivity index (χ1) is 12.2. The fourth-order valence-electron chi connectivity index (χ4n) is 3.92. The van der Waals surface area contributed by atoms with Crippen LogP contribution in [0.15, 0.2) is 35.2 Å². The highest BCUT2D eigenvalue weighted by molar-refractivity contribution is 7.98. The third-order valence-electron chi connectivity index (χ3n) is 5.28. The molecule has 0 saturated carbocycles. The zero-order valence-electron chi connectivity index (χ0n) is 15.0. The van der Waals surface area contributed by atoms with E-state index in [0.29, 0.717) is 12.0 Å². The molecule has 1 saturated heterocycles. The van der Waals surface area contributed by atoms with Gasteiger partial charge in [0.2, 0.25) is 0 Å². The average molecular weight is 356 g/mol. The van der Waals surface area contributed by atoms with Crippen molar-refractivity contribution < 1.29 is 4.74 Å². The lowest BCUT2D eigenvalue weighted by molar-refractivity contribution is 0.414. The zero-order valence-corrected chi connectivity index (χ0v) is 15.8. The van der Waals surface area contributed by atoms with Crippen LogP contribution >= 0.6 is 11.8 Å². The summed E-state index contributed by atoms with van der Waals surface area (Å²) in [4.78, 5) is 1.32. The highest BCUT2D eigenvalue weighted by Crippen LogP contribution is 2.45. The van der Waals surface area contributed by atoms with Crippen LogP contribution in [0.5, 0.6) is 5.75 Å². The number of methoxy groups -OCH3 is 1. The predicted octanol–water partition coefficient (Wildman–Crippen LogP) is 4.34. The van der Waals surface area contributed by atoms with Gasteiger partial charge in [-0.1, -0.05) is 0 Å². The summed E-state index contributed by atoms with van der Waals surface area (Å²) in [6.07, 6.45) is 3.34. The van der Waals surface area contributed by atoms with Gasteiger partial charge in [-0.2, -0.15) is 0 Å². The topological polar surface area (TPSA) is 45.3 Å². The smallest absolute Gasteiger partial charge is 0.119 e. The zero-order chi connectivity index (χ0) is 17.4. The van der Waals surface area contributed by atoms with Crippen molar-refractivity contribution in [2.45, 2.75) is 30.2 Å². The average Bonchev–Trinajstić information content (AvgIpc) is 3.01. The maximum absolute atomic E-state index is 5.31. The molecule has 0 spiro atoms. The molecule has 1 unspecified atom stereocenters. The van der Waals surface area contributed by atoms with E-state index in [0.717, 1.165) is 30.2 Å². The van der Waals surface area contributed by atoms with Crippen LogP contribution in [0, 0.1) is 6.92 Å². The van der Waals surface area contributed by atoms with Crippen molar-refractivity contribution in [2.75, 3.05) is 37.1 Å². The quantitative estimate of drug-likeness (QED) is 0.712. The summed E-state index contributed by atoms with van der Waals surface area (Å²) in [7, 11) is 1.70. The second kappa shape index (κ2) is 6.81. The molecule has 132 valence electrons. The summed E-state index contributed by atoms with van der Waals surface area (Å²) < 4.78 is 5.31. The molecule has 0 amide bonds. The number of benzene rings is 2. The van der Waals surface area contributed by atoms with E-state index in [1.54, 1.807) is 7.11 Å². The van der Waals surface area contributed by atoms with E-state index in [9.17, 15) is 0 Å². The highest BCUT2D eigenvalue weighted by atomic mass is 32.2. The predicted molar refractivity (Wildman–Crippen MR) is 107 cm³/mol. The van der Waals surface area contributed by atoms with E-state index in [1.807, 2.05) is 17.8 Å². The first kappa shape index (κ1) is 16.6. The molecule has 4 nitrogen and oxygen atoms in total. The SMILES string of the molecule is COc1ccc(Nc2cc(SC)c3c(c2)C2CNCC[C@@H]2N3)c(C)c1. The molecule has 1 fully saturated rings. The largest absolute Gasteiger partial charge is 0.497 e. The minimum atomic E-state index is 0.563. The van der Waals surface area contributed by atoms with Crippen molar-refractivity contribution in [3.8, 4) is 5.75 Å². The van der Waals surface area contributed by atoms with Crippen molar-refractivity contribution in [1.29, 1.82) is 0 Å². The Kier molecular flexibility index (Phi) is 4.52. The standard InChI is InChI=1S/C20H25N3OS/c1-12-8-14(24-2)4-5-17(12)22-13-9-15-16-11-21-7-6-18(16)23-20(15)19(10-13)25-3/h4-5,8-10,16,18,21-23H,6-7,11H2,1-3H3/t16?,18-/m0/s1. The number of nitrogens with one attached hydrogen (secondary N) is 3. The molecule has 2 atom stereocenters. The Hall–Kier alpha value is -1.85. The van der Waals surface area contributed by atoms with Crippen LogP contribution in [-0.4, -0.2) is 32.5 Å². The van der Waals surface area contributed by atoms with Crippen LogP contribution in [0.2, 0.25) is 0 Å². The Labute approximate surface area is 153 Å². The van der Waals surface area contributed by atoms with Crippen molar-refractivity contribution >= 4 is 28.8 Å². The van der Waals surface area contributed by atoms with Gasteiger partial charge in [-0.3, -0.25) is 0 Å². The summed E-state index contributed by atoms with van der Waals surface area (Å²) in [6, 6.07) is 11.3. The van der Waals surface area contributed by atoms with Gasteiger partial charge in [0, 0.05) is 34.8 Å². The van der Waals surface area contributed by atoms with Gasteiger partial charge in [0.25, 0.3) is 0 Å². The molecular weight excluding hydrogens is 330 g/mol. The van der Waals surface area contributed by atoms with Gasteiger partial charge in [0.05, 0.1) is 12.8 Å². The molecule has 25 heavy (non-hydrogen) atoms. The maximum atomic E-state index is 5.31. The van der Waals surface area contributed by atoms with Crippen LogP contribution in [-0.2, 0) is 0 Å². The van der Waals surface area contributed by atoms with Crippen molar-refractivity contribution in [3.63, 3.8) is 0 Å². The number of ether oxygens (including phenoxy) is 1. The van der Waals surface area contributed by atoms with Crippen LogP contribution < -0.4 is 20.7 Å². The lowest BCUT2D eigenvalue weighted by Crippen LogP contribution is -2.38. The molecule has 0 bridgehead atoms. The molecular formula is C20H25N3OS. The van der Waals surface area contributed by atoms with Crippen LogP contribution in [0.4, 0.5) is 17.1 Å². The van der Waals surface area contributed by atoms with E-state index in [4.69, 9.17) is 4.74 Å². The second-order valence-electron chi connectivity index (χ2n) is 6.80. The molecule has 3 N–H and O–H groups in total. The number of thioether (sulfide) groups is 1. The number of hydrogen-bond acceptors (Lipinski definition) is 5. The Morgan fingerprint density at radius 2 is 2.12 bits per heavy atom. The normalized spacial score (nSPS) is 21.2. The first-order valence-corrected chi connectivity index (χ1v) is 10.0. The molecule has 2 aliphatic heterocycles. The van der Waals surface area contributed by atoms with E-state index in [1.165, 1.54) is 28.1 Å². The number of rotatable bonds is 4. The Morgan fingerprint density at radius 3 is 2.88 bits per heavy atom. The molecule has 2 aromatic carbocycles. The van der Waals surface area contributed by atoms with E-state index in [2.05, 4.69) is 53.4 Å².